The van der Waals surface area contributed by atoms with E-state index >= 15 is 0 Å². The summed E-state index contributed by atoms with van der Waals surface area (Å²) in [5, 5.41) is 21.3. The Balaban J connectivity index is 0.822. The second-order valence-corrected chi connectivity index (χ2v) is 23.6. The maximum atomic E-state index is 14.4. The van der Waals surface area contributed by atoms with E-state index in [4.69, 9.17) is 0 Å². The fourth-order valence-electron chi connectivity index (χ4n) is 14.1. The van der Waals surface area contributed by atoms with Crippen LogP contribution in [0.15, 0.2) is 72.8 Å². The fourth-order valence-corrected chi connectivity index (χ4v) is 14.1. The Bertz CT molecular complexity index is 2670. The van der Waals surface area contributed by atoms with Crippen LogP contribution in [-0.2, 0) is 41.6 Å². The molecule has 1 unspecified atom stereocenters. The van der Waals surface area contributed by atoms with Crippen LogP contribution < -0.4 is 31.9 Å². The minimum Gasteiger partial charge on any atom is -0.347 e. The third-order valence-electron chi connectivity index (χ3n) is 18.8. The number of rotatable bonds is 16. The molecule has 4 fully saturated rings. The highest BCUT2D eigenvalue weighted by Crippen LogP contribution is 2.41. The first-order valence-electron chi connectivity index (χ1n) is 29.9. The van der Waals surface area contributed by atoms with Crippen LogP contribution in [0.3, 0.4) is 0 Å². The minimum atomic E-state index is -0.637. The van der Waals surface area contributed by atoms with Crippen molar-refractivity contribution in [1.29, 1.82) is 0 Å². The average molecular weight is 1060 g/mol. The molecule has 6 N–H and O–H groups in total. The summed E-state index contributed by atoms with van der Waals surface area (Å²) in [6.45, 7) is 4.61. The van der Waals surface area contributed by atoms with E-state index in [1.165, 1.54) is 22.3 Å². The maximum absolute atomic E-state index is 14.4. The zero-order valence-corrected chi connectivity index (χ0v) is 46.6. The molecule has 4 aromatic carbocycles. The Kier molecular flexibility index (Phi) is 17.6. The van der Waals surface area contributed by atoms with E-state index < -0.39 is 36.3 Å². The van der Waals surface area contributed by atoms with Gasteiger partial charge in [0, 0.05) is 13.1 Å². The van der Waals surface area contributed by atoms with Gasteiger partial charge in [-0.2, -0.15) is 0 Å². The predicted octanol–water partition coefficient (Wildman–Crippen LogP) is 8.49. The van der Waals surface area contributed by atoms with Gasteiger partial charge in [0.25, 0.3) is 0 Å². The summed E-state index contributed by atoms with van der Waals surface area (Å²) in [7, 11) is 3.49. The molecule has 78 heavy (non-hydrogen) atoms. The molecule has 8 atom stereocenters. The molecule has 2 aliphatic heterocycles. The Labute approximate surface area is 461 Å². The van der Waals surface area contributed by atoms with Crippen LogP contribution >= 0.6 is 0 Å². The number of likely N-dealkylation sites (tertiary alicyclic amines) is 2. The minimum absolute atomic E-state index is 0.0615. The third-order valence-corrected chi connectivity index (χ3v) is 18.8. The van der Waals surface area contributed by atoms with E-state index in [0.29, 0.717) is 25.9 Å². The van der Waals surface area contributed by atoms with Gasteiger partial charge >= 0.3 is 0 Å². The normalized spacial score (nSPS) is 23.3. The second kappa shape index (κ2) is 24.9. The number of hydrogen-bond acceptors (Lipinski definition) is 8. The lowest BCUT2D eigenvalue weighted by Crippen LogP contribution is -2.58. The van der Waals surface area contributed by atoms with Crippen molar-refractivity contribution in [2.45, 2.75) is 191 Å². The standard InChI is InChI=1S/C64H84N8O6/c1-39(65-3)59(73)69-57(41-17-7-5-8-18-41)63(77)71-35-15-29-55(71)61(75)67-53-27-13-23-49-47(21-11-25-51(49)53)45-33-31-44-38-46(34-32-43(44)37-45)48-22-12-26-52-50(48)24-14-28-54(52)68-62(76)56-30-16-36-72(56)64(78)58(42-19-9-6-10-20-42)70-60(74)40(2)66-4/h11-12,21-22,25-26,31-34,37-42,53-58,65-66H,5-10,13-20,23-24,27-30,35-36H2,1-4H3,(H,67,75)(H,68,76)(H,69,73)(H,70,74)/t39-,40-,53+,54+,55-,56-,57-,58?/m0/s1. The summed E-state index contributed by atoms with van der Waals surface area (Å²) >= 11 is 0. The largest absolute Gasteiger partial charge is 0.347 e. The van der Waals surface area contributed by atoms with Crippen LogP contribution in [0.1, 0.15) is 164 Å². The van der Waals surface area contributed by atoms with Crippen molar-refractivity contribution in [3.63, 3.8) is 0 Å². The molecule has 4 aliphatic carbocycles. The second-order valence-electron chi connectivity index (χ2n) is 23.6. The zero-order valence-electron chi connectivity index (χ0n) is 46.6. The molecule has 416 valence electrons. The van der Waals surface area contributed by atoms with Crippen LogP contribution in [0.25, 0.3) is 33.0 Å². The van der Waals surface area contributed by atoms with Gasteiger partial charge in [0.1, 0.15) is 24.2 Å². The highest BCUT2D eigenvalue weighted by atomic mass is 16.2. The first kappa shape index (κ1) is 55.2. The Morgan fingerprint density at radius 2 is 0.885 bits per heavy atom. The van der Waals surface area contributed by atoms with E-state index in [9.17, 15) is 28.8 Å². The van der Waals surface area contributed by atoms with Crippen molar-refractivity contribution in [1.82, 2.24) is 41.7 Å². The van der Waals surface area contributed by atoms with Crippen molar-refractivity contribution in [2.75, 3.05) is 27.2 Å². The number of carbonyl (C=O) groups is 6. The highest BCUT2D eigenvalue weighted by Gasteiger charge is 2.44. The van der Waals surface area contributed by atoms with Gasteiger partial charge in [0.05, 0.1) is 24.2 Å². The van der Waals surface area contributed by atoms with Crippen LogP contribution in [0, 0.1) is 11.8 Å². The number of hydrogen-bond donors (Lipinski definition) is 6. The third kappa shape index (κ3) is 11.8. The fraction of sp³-hybridized carbons (Fsp3) is 0.562. The summed E-state index contributed by atoms with van der Waals surface area (Å²) in [6, 6.07) is 22.6. The van der Waals surface area contributed by atoms with Crippen molar-refractivity contribution in [3.05, 3.63) is 95.1 Å². The number of nitrogens with one attached hydrogen (secondary N) is 6. The summed E-state index contributed by atoms with van der Waals surface area (Å²) in [5.41, 5.74) is 9.36. The molecule has 0 spiro atoms. The lowest BCUT2D eigenvalue weighted by Gasteiger charge is -2.36. The molecule has 2 saturated heterocycles. The molecule has 4 aromatic rings. The molecule has 0 bridgehead atoms. The van der Waals surface area contributed by atoms with Crippen LogP contribution in [0.4, 0.5) is 0 Å². The molecular formula is C64H84N8O6. The lowest BCUT2D eigenvalue weighted by atomic mass is 9.82. The maximum Gasteiger partial charge on any atom is 0.246 e. The van der Waals surface area contributed by atoms with Gasteiger partial charge in [-0.3, -0.25) is 28.8 Å². The predicted molar refractivity (Wildman–Crippen MR) is 306 cm³/mol. The number of amides is 6. The van der Waals surface area contributed by atoms with Gasteiger partial charge < -0.3 is 41.7 Å². The molecule has 0 radical (unpaired) electrons. The SMILES string of the molecule is CN[C@@H](C)C(=O)NC(C(=O)N1CCC[C@H]1C(=O)N[C@@H]1CCCc2c(-c3ccc4cc(-c5cccc6c5CCC[C@H]6NC(=O)[C@@H]5CCCN5C(=O)[C@@H](NC(=O)[C@H](C)NC)C5CCCCC5)ccc4c3)cccc21)C1CCCCC1. The molecule has 14 heteroatoms. The quantitative estimate of drug-likeness (QED) is 0.0647. The summed E-state index contributed by atoms with van der Waals surface area (Å²) < 4.78 is 0. The topological polar surface area (TPSA) is 181 Å². The number of likely N-dealkylation sites (N-methyl/N-ethyl adjacent to an activating group) is 2. The van der Waals surface area contributed by atoms with Crippen molar-refractivity contribution < 1.29 is 28.8 Å². The van der Waals surface area contributed by atoms with E-state index in [-0.39, 0.29) is 59.4 Å². The molecule has 0 aromatic heterocycles. The smallest absolute Gasteiger partial charge is 0.246 e. The van der Waals surface area contributed by atoms with Gasteiger partial charge in [0.2, 0.25) is 35.4 Å². The number of nitrogens with zero attached hydrogens (tertiary/aromatic N) is 2. The van der Waals surface area contributed by atoms with E-state index in [0.717, 1.165) is 149 Å². The molecule has 14 nitrogen and oxygen atoms in total. The Morgan fingerprint density at radius 3 is 1.28 bits per heavy atom. The average Bonchev–Trinajstić information content (AvgIpc) is 4.31. The molecule has 10 rings (SSSR count). The van der Waals surface area contributed by atoms with Gasteiger partial charge in [-0.05, 0) is 197 Å². The Hall–Kier alpha value is -6.12. The lowest BCUT2D eigenvalue weighted by molar-refractivity contribution is -0.143. The molecule has 6 amide bonds. The molecule has 2 heterocycles. The number of fused-ring (bicyclic) bond motifs is 3. The van der Waals surface area contributed by atoms with E-state index in [2.05, 4.69) is 105 Å². The van der Waals surface area contributed by atoms with Crippen molar-refractivity contribution in [3.8, 4) is 22.3 Å². The van der Waals surface area contributed by atoms with Crippen molar-refractivity contribution >= 4 is 46.2 Å². The van der Waals surface area contributed by atoms with Gasteiger partial charge in [-0.25, -0.2) is 0 Å². The van der Waals surface area contributed by atoms with Crippen LogP contribution in [-0.4, -0.2) is 109 Å². The van der Waals surface area contributed by atoms with Gasteiger partial charge in [-0.15, -0.1) is 0 Å². The molecular weight excluding hydrogens is 977 g/mol. The summed E-state index contributed by atoms with van der Waals surface area (Å²) in [6.07, 6.45) is 18.0. The molecule has 2 saturated carbocycles. The monoisotopic (exact) mass is 1060 g/mol. The number of benzene rings is 4. The van der Waals surface area contributed by atoms with Crippen LogP contribution in [0.5, 0.6) is 0 Å². The summed E-state index contributed by atoms with van der Waals surface area (Å²) in [5.74, 6) is -0.752. The highest BCUT2D eigenvalue weighted by molar-refractivity contribution is 5.96. The Morgan fingerprint density at radius 1 is 0.474 bits per heavy atom. The first-order valence-corrected chi connectivity index (χ1v) is 29.9. The zero-order chi connectivity index (χ0) is 54.5. The van der Waals surface area contributed by atoms with E-state index in [1.54, 1.807) is 37.7 Å². The van der Waals surface area contributed by atoms with Gasteiger partial charge in [-0.1, -0.05) is 99.2 Å². The summed E-state index contributed by atoms with van der Waals surface area (Å²) in [4.78, 5) is 87.3. The van der Waals surface area contributed by atoms with E-state index in [1.807, 2.05) is 0 Å². The molecule has 6 aliphatic rings. The van der Waals surface area contributed by atoms with Gasteiger partial charge in [0.15, 0.2) is 0 Å². The van der Waals surface area contributed by atoms with Crippen molar-refractivity contribution in [2.24, 2.45) is 11.8 Å². The van der Waals surface area contributed by atoms with Crippen LogP contribution in [0.2, 0.25) is 0 Å². The number of carbonyl (C=O) groups excluding carboxylic acids is 6. The first-order chi connectivity index (χ1) is 37.9.